The third kappa shape index (κ3) is 0.819. The van der Waals surface area contributed by atoms with Gasteiger partial charge in [-0.2, -0.15) is 0 Å². The molecule has 0 saturated heterocycles. The summed E-state index contributed by atoms with van der Waals surface area (Å²) in [7, 11) is 1.79. The van der Waals surface area contributed by atoms with Crippen molar-refractivity contribution in [3.05, 3.63) is 18.5 Å². The second kappa shape index (κ2) is 2.44. The molecule has 3 aromatic rings. The monoisotopic (exact) mass is 188 g/mol. The van der Waals surface area contributed by atoms with E-state index in [-0.39, 0.29) is 0 Å². The molecule has 0 aliphatic rings. The van der Waals surface area contributed by atoms with Crippen molar-refractivity contribution < 1.29 is 0 Å². The topological polar surface area (TPSA) is 71.4 Å². The maximum atomic E-state index is 4.28. The van der Waals surface area contributed by atoms with Crippen LogP contribution in [0.1, 0.15) is 0 Å². The smallest absolute Gasteiger partial charge is 0.140 e. The van der Waals surface area contributed by atoms with Gasteiger partial charge >= 0.3 is 0 Å². The highest BCUT2D eigenvalue weighted by Crippen LogP contribution is 2.18. The number of hydrogen-bond donors (Lipinski definition) is 2. The van der Waals surface area contributed by atoms with Crippen LogP contribution in [0.5, 0.6) is 0 Å². The van der Waals surface area contributed by atoms with Gasteiger partial charge in [0.1, 0.15) is 17.4 Å². The SMILES string of the molecule is CNn1nc2c(ccc3ncnc32)[nH]1. The van der Waals surface area contributed by atoms with Gasteiger partial charge in [0, 0.05) is 7.05 Å². The molecule has 0 aliphatic heterocycles. The van der Waals surface area contributed by atoms with Crippen LogP contribution in [0.25, 0.3) is 22.1 Å². The minimum Gasteiger partial charge on any atom is -0.298 e. The molecule has 0 saturated carbocycles. The van der Waals surface area contributed by atoms with E-state index in [0.29, 0.717) is 0 Å². The van der Waals surface area contributed by atoms with E-state index >= 15 is 0 Å². The lowest BCUT2D eigenvalue weighted by molar-refractivity contribution is 0.681. The maximum Gasteiger partial charge on any atom is 0.140 e. The summed E-state index contributed by atoms with van der Waals surface area (Å²) in [4.78, 5) is 9.81. The first-order chi connectivity index (χ1) is 6.88. The zero-order valence-corrected chi connectivity index (χ0v) is 7.52. The third-order valence-electron chi connectivity index (χ3n) is 2.15. The van der Waals surface area contributed by atoms with Crippen LogP contribution in [0.15, 0.2) is 18.5 Å². The molecular formula is C8H8N6. The average Bonchev–Trinajstić information content (AvgIpc) is 2.82. The van der Waals surface area contributed by atoms with Gasteiger partial charge in [-0.25, -0.2) is 9.97 Å². The van der Waals surface area contributed by atoms with E-state index in [0.717, 1.165) is 22.1 Å². The lowest BCUT2D eigenvalue weighted by Gasteiger charge is -1.93. The molecule has 1 aromatic carbocycles. The molecule has 0 fully saturated rings. The molecule has 0 radical (unpaired) electrons. The Morgan fingerprint density at radius 2 is 2.21 bits per heavy atom. The minimum atomic E-state index is 0.827. The molecule has 3 rings (SSSR count). The Morgan fingerprint density at radius 1 is 1.29 bits per heavy atom. The minimum absolute atomic E-state index is 0.827. The summed E-state index contributed by atoms with van der Waals surface area (Å²) in [6, 6.07) is 3.86. The first-order valence-corrected chi connectivity index (χ1v) is 4.25. The van der Waals surface area contributed by atoms with Crippen molar-refractivity contribution in [2.75, 3.05) is 12.5 Å². The van der Waals surface area contributed by atoms with Crippen LogP contribution in [0.2, 0.25) is 0 Å². The van der Waals surface area contributed by atoms with E-state index in [4.69, 9.17) is 0 Å². The Morgan fingerprint density at radius 3 is 3.07 bits per heavy atom. The number of fused-ring (bicyclic) bond motifs is 3. The number of nitrogens with one attached hydrogen (secondary N) is 2. The number of aromatic amines is 1. The average molecular weight is 188 g/mol. The largest absolute Gasteiger partial charge is 0.298 e. The fourth-order valence-corrected chi connectivity index (χ4v) is 1.49. The fraction of sp³-hybridized carbons (Fsp3) is 0.125. The number of rotatable bonds is 1. The van der Waals surface area contributed by atoms with Gasteiger partial charge in [0.25, 0.3) is 0 Å². The predicted molar refractivity (Wildman–Crippen MR) is 52.5 cm³/mol. The highest BCUT2D eigenvalue weighted by Gasteiger charge is 2.06. The quantitative estimate of drug-likeness (QED) is 0.582. The van der Waals surface area contributed by atoms with E-state index in [1.807, 2.05) is 12.1 Å². The molecular weight excluding hydrogens is 180 g/mol. The van der Waals surface area contributed by atoms with Gasteiger partial charge in [-0.15, -0.1) is 10.0 Å². The van der Waals surface area contributed by atoms with Crippen molar-refractivity contribution in [3.8, 4) is 0 Å². The molecule has 0 bridgehead atoms. The van der Waals surface area contributed by atoms with Gasteiger partial charge in [-0.3, -0.25) is 10.5 Å². The van der Waals surface area contributed by atoms with Crippen molar-refractivity contribution in [1.82, 2.24) is 25.1 Å². The predicted octanol–water partition coefficient (Wildman–Crippen LogP) is 0.481. The summed E-state index contributed by atoms with van der Waals surface area (Å²) < 4.78 is 0. The molecule has 0 amide bonds. The molecule has 2 heterocycles. The standard InChI is InChI=1S/C8H8N6/c1-9-14-12-6-3-2-5-7(8(6)13-14)11-4-10-5/h2-4,9,12H,1H3. The summed E-state index contributed by atoms with van der Waals surface area (Å²) >= 11 is 0. The summed E-state index contributed by atoms with van der Waals surface area (Å²) in [6.45, 7) is 0. The van der Waals surface area contributed by atoms with Crippen LogP contribution in [0, 0.1) is 0 Å². The van der Waals surface area contributed by atoms with E-state index in [1.165, 1.54) is 0 Å². The summed E-state index contributed by atoms with van der Waals surface area (Å²) in [5.74, 6) is 0. The van der Waals surface area contributed by atoms with Crippen LogP contribution in [0.3, 0.4) is 0 Å². The van der Waals surface area contributed by atoms with E-state index in [9.17, 15) is 0 Å². The lowest BCUT2D eigenvalue weighted by Crippen LogP contribution is -2.11. The third-order valence-corrected chi connectivity index (χ3v) is 2.15. The first kappa shape index (κ1) is 7.31. The van der Waals surface area contributed by atoms with Crippen molar-refractivity contribution in [1.29, 1.82) is 0 Å². The lowest BCUT2D eigenvalue weighted by atomic mass is 10.3. The number of benzene rings is 1. The molecule has 0 aliphatic carbocycles. The number of imidazole rings is 1. The van der Waals surface area contributed by atoms with E-state index in [2.05, 4.69) is 25.6 Å². The first-order valence-electron chi connectivity index (χ1n) is 4.25. The fourth-order valence-electron chi connectivity index (χ4n) is 1.49. The summed E-state index contributed by atoms with van der Waals surface area (Å²) in [6.07, 6.45) is 1.54. The molecule has 70 valence electrons. The zero-order chi connectivity index (χ0) is 9.54. The summed E-state index contributed by atoms with van der Waals surface area (Å²) in [5.41, 5.74) is 6.34. The number of aromatic nitrogens is 5. The molecule has 6 heteroatoms. The number of hydrogen-bond acceptors (Lipinski definition) is 4. The highest BCUT2D eigenvalue weighted by atomic mass is 15.7. The maximum absolute atomic E-state index is 4.28. The zero-order valence-electron chi connectivity index (χ0n) is 7.52. The van der Waals surface area contributed by atoms with Crippen molar-refractivity contribution in [2.24, 2.45) is 0 Å². The molecule has 0 spiro atoms. The Bertz CT molecular complexity index is 592. The second-order valence-corrected chi connectivity index (χ2v) is 2.95. The summed E-state index contributed by atoms with van der Waals surface area (Å²) in [5, 5.41) is 7.33. The second-order valence-electron chi connectivity index (χ2n) is 2.95. The van der Waals surface area contributed by atoms with E-state index in [1.54, 1.807) is 18.3 Å². The van der Waals surface area contributed by atoms with Crippen molar-refractivity contribution in [3.63, 3.8) is 0 Å². The van der Waals surface area contributed by atoms with Crippen LogP contribution in [-0.2, 0) is 0 Å². The van der Waals surface area contributed by atoms with Gasteiger partial charge < -0.3 is 0 Å². The Labute approximate surface area is 78.9 Å². The normalized spacial score (nSPS) is 11.2. The Kier molecular flexibility index (Phi) is 1.27. The molecule has 0 unspecified atom stereocenters. The highest BCUT2D eigenvalue weighted by molar-refractivity contribution is 5.99. The van der Waals surface area contributed by atoms with Crippen LogP contribution in [0.4, 0.5) is 0 Å². The van der Waals surface area contributed by atoms with Gasteiger partial charge in [-0.05, 0) is 12.1 Å². The van der Waals surface area contributed by atoms with Gasteiger partial charge in [0.05, 0.1) is 11.0 Å². The molecule has 14 heavy (non-hydrogen) atoms. The van der Waals surface area contributed by atoms with Crippen LogP contribution >= 0.6 is 0 Å². The Hall–Kier alpha value is -2.11. The number of nitrogens with zero attached hydrogens (tertiary/aromatic N) is 4. The van der Waals surface area contributed by atoms with Gasteiger partial charge in [-0.1, -0.05) is 0 Å². The van der Waals surface area contributed by atoms with Gasteiger partial charge in [0.2, 0.25) is 0 Å². The number of H-pyrrole nitrogens is 1. The van der Waals surface area contributed by atoms with Crippen LogP contribution in [-0.4, -0.2) is 32.1 Å². The van der Waals surface area contributed by atoms with Crippen molar-refractivity contribution in [2.45, 2.75) is 0 Å². The molecule has 0 atom stereocenters. The molecule has 6 nitrogen and oxygen atoms in total. The molecule has 2 aromatic heterocycles. The Balaban J connectivity index is 2.49. The van der Waals surface area contributed by atoms with Gasteiger partial charge in [0.15, 0.2) is 0 Å². The van der Waals surface area contributed by atoms with Crippen molar-refractivity contribution >= 4 is 22.1 Å². The van der Waals surface area contributed by atoms with Crippen LogP contribution < -0.4 is 5.43 Å². The van der Waals surface area contributed by atoms with E-state index < -0.39 is 0 Å². The molecule has 2 N–H and O–H groups in total.